The first-order valence-corrected chi connectivity index (χ1v) is 12.5. The molecule has 0 radical (unpaired) electrons. The van der Waals surface area contributed by atoms with Gasteiger partial charge in [0.05, 0.1) is 11.5 Å². The molecule has 178 valence electrons. The topological polar surface area (TPSA) is 95.9 Å². The highest BCUT2D eigenvalue weighted by molar-refractivity contribution is 7.89. The summed E-state index contributed by atoms with van der Waals surface area (Å²) in [5, 5.41) is 10.9. The Morgan fingerprint density at radius 1 is 1.00 bits per heavy atom. The van der Waals surface area contributed by atoms with E-state index in [1.54, 1.807) is 37.5 Å². The van der Waals surface area contributed by atoms with Crippen molar-refractivity contribution < 1.29 is 23.2 Å². The zero-order chi connectivity index (χ0) is 24.1. The lowest BCUT2D eigenvalue weighted by Crippen LogP contribution is -2.52. The molecule has 0 aliphatic carbocycles. The number of benzene rings is 2. The lowest BCUT2D eigenvalue weighted by Gasteiger charge is -2.32. The third kappa shape index (κ3) is 6.43. The van der Waals surface area contributed by atoms with Gasteiger partial charge in [0.25, 0.3) is 5.91 Å². The number of nitrogens with one attached hydrogen (secondary N) is 1. The first kappa shape index (κ1) is 26.1. The molecule has 8 heteroatoms. The van der Waals surface area contributed by atoms with Crippen molar-refractivity contribution in [1.82, 2.24) is 9.79 Å². The van der Waals surface area contributed by atoms with Crippen molar-refractivity contribution >= 4 is 26.7 Å². The van der Waals surface area contributed by atoms with Crippen molar-refractivity contribution in [1.29, 1.82) is 0 Å². The maximum absolute atomic E-state index is 13.6. The van der Waals surface area contributed by atoms with E-state index >= 15 is 0 Å². The van der Waals surface area contributed by atoms with E-state index in [9.17, 15) is 18.4 Å². The van der Waals surface area contributed by atoms with E-state index in [0.29, 0.717) is 18.9 Å². The molecule has 0 saturated heterocycles. The number of sulfonamides is 1. The highest BCUT2D eigenvalue weighted by atomic mass is 32.2. The first-order valence-electron chi connectivity index (χ1n) is 11.1. The molecule has 7 nitrogen and oxygen atoms in total. The maximum atomic E-state index is 13.6. The summed E-state index contributed by atoms with van der Waals surface area (Å²) >= 11 is 0. The largest absolute Gasteiger partial charge is 0.493 e. The van der Waals surface area contributed by atoms with Crippen LogP contribution in [0.2, 0.25) is 0 Å². The minimum absolute atomic E-state index is 0.112. The van der Waals surface area contributed by atoms with Gasteiger partial charge < -0.3 is 4.74 Å². The van der Waals surface area contributed by atoms with Crippen molar-refractivity contribution in [2.75, 3.05) is 13.2 Å². The van der Waals surface area contributed by atoms with Gasteiger partial charge in [-0.05, 0) is 59.2 Å². The van der Waals surface area contributed by atoms with Crippen LogP contribution >= 0.6 is 0 Å². The average Bonchev–Trinajstić information content (AvgIpc) is 2.73. The number of hydroxylamine groups is 1. The van der Waals surface area contributed by atoms with Crippen LogP contribution in [0.3, 0.4) is 0 Å². The SMILES string of the molecule is CC(C)CCN([C@@H](C(=O)NO)C(C)C)S(=O)(=O)c1ccc2cc(OCC(C)C)ccc2c1. The molecule has 1 atom stereocenters. The van der Waals surface area contributed by atoms with Gasteiger partial charge in [-0.25, -0.2) is 13.9 Å². The number of carbonyl (C=O) groups is 1. The highest BCUT2D eigenvalue weighted by Crippen LogP contribution is 2.28. The van der Waals surface area contributed by atoms with Crippen molar-refractivity contribution in [2.45, 2.75) is 58.9 Å². The van der Waals surface area contributed by atoms with Gasteiger partial charge in [0, 0.05) is 6.54 Å². The summed E-state index contributed by atoms with van der Waals surface area (Å²) in [5.41, 5.74) is 1.63. The fourth-order valence-corrected chi connectivity index (χ4v) is 5.25. The van der Waals surface area contributed by atoms with Gasteiger partial charge in [-0.1, -0.05) is 53.7 Å². The van der Waals surface area contributed by atoms with Crippen LogP contribution < -0.4 is 10.2 Å². The van der Waals surface area contributed by atoms with E-state index in [1.165, 1.54) is 4.31 Å². The number of rotatable bonds is 11. The minimum atomic E-state index is -3.99. The Labute approximate surface area is 191 Å². The molecule has 2 rings (SSSR count). The minimum Gasteiger partial charge on any atom is -0.493 e. The molecule has 0 bridgehead atoms. The van der Waals surface area contributed by atoms with Crippen LogP contribution in [0.1, 0.15) is 48.0 Å². The molecule has 0 spiro atoms. The molecule has 1 amide bonds. The number of hydrogen-bond donors (Lipinski definition) is 2. The van der Waals surface area contributed by atoms with Crippen LogP contribution in [0.15, 0.2) is 41.3 Å². The number of amides is 1. The van der Waals surface area contributed by atoms with Crippen molar-refractivity contribution in [3.63, 3.8) is 0 Å². The standard InChI is InChI=1S/C24H36N2O5S/c1-16(2)11-12-26(23(18(5)6)24(27)25-28)32(29,30)22-10-8-19-13-21(31-15-17(3)4)9-7-20(19)14-22/h7-10,13-14,16-18,23,28H,11-12,15H2,1-6H3,(H,25,27)/t23-/m1/s1. The summed E-state index contributed by atoms with van der Waals surface area (Å²) in [4.78, 5) is 12.5. The van der Waals surface area contributed by atoms with Gasteiger partial charge in [0.2, 0.25) is 10.0 Å². The molecule has 0 aliphatic heterocycles. The average molecular weight is 465 g/mol. The summed E-state index contributed by atoms with van der Waals surface area (Å²) in [6.45, 7) is 12.4. The summed E-state index contributed by atoms with van der Waals surface area (Å²) in [6, 6.07) is 9.46. The maximum Gasteiger partial charge on any atom is 0.262 e. The first-order chi connectivity index (χ1) is 15.0. The van der Waals surface area contributed by atoms with Crippen LogP contribution in [0.5, 0.6) is 5.75 Å². The molecule has 32 heavy (non-hydrogen) atoms. The predicted molar refractivity (Wildman–Crippen MR) is 126 cm³/mol. The molecule has 0 saturated carbocycles. The summed E-state index contributed by atoms with van der Waals surface area (Å²) < 4.78 is 34.3. The van der Waals surface area contributed by atoms with Gasteiger partial charge in [-0.2, -0.15) is 4.31 Å². The molecule has 0 unspecified atom stereocenters. The zero-order valence-electron chi connectivity index (χ0n) is 19.8. The number of carbonyl (C=O) groups excluding carboxylic acids is 1. The molecule has 2 aromatic carbocycles. The van der Waals surface area contributed by atoms with Crippen LogP contribution in [0.4, 0.5) is 0 Å². The van der Waals surface area contributed by atoms with Gasteiger partial charge in [-0.3, -0.25) is 10.0 Å². The lowest BCUT2D eigenvalue weighted by molar-refractivity contribution is -0.134. The van der Waals surface area contributed by atoms with E-state index in [4.69, 9.17) is 4.74 Å². The molecule has 0 aliphatic rings. The lowest BCUT2D eigenvalue weighted by atomic mass is 10.0. The summed E-state index contributed by atoms with van der Waals surface area (Å²) in [7, 11) is -3.99. The molecule has 0 heterocycles. The molecule has 0 aromatic heterocycles. The fraction of sp³-hybridized carbons (Fsp3) is 0.542. The Morgan fingerprint density at radius 2 is 1.62 bits per heavy atom. The van der Waals surface area contributed by atoms with Crippen LogP contribution in [0, 0.1) is 17.8 Å². The molecule has 2 aromatic rings. The van der Waals surface area contributed by atoms with E-state index in [1.807, 2.05) is 32.0 Å². The fourth-order valence-electron chi connectivity index (χ4n) is 3.48. The number of ether oxygens (including phenoxy) is 1. The van der Waals surface area contributed by atoms with E-state index < -0.39 is 22.0 Å². The number of fused-ring (bicyclic) bond motifs is 1. The Balaban J connectivity index is 2.47. The van der Waals surface area contributed by atoms with E-state index in [-0.39, 0.29) is 23.3 Å². The second-order valence-electron chi connectivity index (χ2n) is 9.34. The third-order valence-electron chi connectivity index (χ3n) is 5.22. The Bertz CT molecular complexity index is 1020. The quantitative estimate of drug-likeness (QED) is 0.379. The van der Waals surface area contributed by atoms with Crippen LogP contribution in [0.25, 0.3) is 10.8 Å². The van der Waals surface area contributed by atoms with E-state index in [2.05, 4.69) is 13.8 Å². The predicted octanol–water partition coefficient (Wildman–Crippen LogP) is 4.44. The zero-order valence-corrected chi connectivity index (χ0v) is 20.6. The van der Waals surface area contributed by atoms with Crippen molar-refractivity contribution in [3.8, 4) is 5.75 Å². The Morgan fingerprint density at radius 3 is 2.19 bits per heavy atom. The number of nitrogens with zero attached hydrogens (tertiary/aromatic N) is 1. The second kappa shape index (κ2) is 11.1. The smallest absolute Gasteiger partial charge is 0.262 e. The molecular formula is C24H36N2O5S. The van der Waals surface area contributed by atoms with Crippen LogP contribution in [-0.4, -0.2) is 43.0 Å². The molecule has 0 fully saturated rings. The Hall–Kier alpha value is -2.16. The van der Waals surface area contributed by atoms with Gasteiger partial charge in [-0.15, -0.1) is 0 Å². The molecule has 2 N–H and O–H groups in total. The normalized spacial score (nSPS) is 13.3. The van der Waals surface area contributed by atoms with Gasteiger partial charge >= 0.3 is 0 Å². The third-order valence-corrected chi connectivity index (χ3v) is 7.10. The van der Waals surface area contributed by atoms with Gasteiger partial charge in [0.15, 0.2) is 0 Å². The van der Waals surface area contributed by atoms with Crippen molar-refractivity contribution in [3.05, 3.63) is 36.4 Å². The highest BCUT2D eigenvalue weighted by Gasteiger charge is 2.37. The van der Waals surface area contributed by atoms with Crippen LogP contribution in [-0.2, 0) is 14.8 Å². The number of hydrogen-bond acceptors (Lipinski definition) is 5. The summed E-state index contributed by atoms with van der Waals surface area (Å²) in [6.07, 6.45) is 0.589. The van der Waals surface area contributed by atoms with E-state index in [0.717, 1.165) is 16.5 Å². The van der Waals surface area contributed by atoms with Gasteiger partial charge in [0.1, 0.15) is 11.8 Å². The summed E-state index contributed by atoms with van der Waals surface area (Å²) in [5.74, 6) is 0.323. The molecular weight excluding hydrogens is 428 g/mol. The Kier molecular flexibility index (Phi) is 9.07. The monoisotopic (exact) mass is 464 g/mol. The second-order valence-corrected chi connectivity index (χ2v) is 11.2. The van der Waals surface area contributed by atoms with Crippen molar-refractivity contribution in [2.24, 2.45) is 17.8 Å².